The molecule has 1 aromatic heterocycles. The highest BCUT2D eigenvalue weighted by atomic mass is 16.2. The lowest BCUT2D eigenvalue weighted by Gasteiger charge is -2.32. The first kappa shape index (κ1) is 22.3. The average molecular weight is 458 g/mol. The molecule has 4 N–H and O–H groups in total. The average Bonchev–Trinajstić information content (AvgIpc) is 3.54. The topological polar surface area (TPSA) is 104 Å². The molecule has 2 aromatic carbocycles. The van der Waals surface area contributed by atoms with Crippen LogP contribution in [0.4, 0.5) is 0 Å². The molecule has 0 bridgehead atoms. The summed E-state index contributed by atoms with van der Waals surface area (Å²) >= 11 is 0. The van der Waals surface area contributed by atoms with Gasteiger partial charge in [0.1, 0.15) is 6.04 Å². The molecule has 2 amide bonds. The van der Waals surface area contributed by atoms with Gasteiger partial charge in [-0.15, -0.1) is 0 Å². The number of H-pyrrole nitrogens is 1. The quantitative estimate of drug-likeness (QED) is 0.529. The largest absolute Gasteiger partial charge is 0.351 e. The highest BCUT2D eigenvalue weighted by Crippen LogP contribution is 2.30. The summed E-state index contributed by atoms with van der Waals surface area (Å²) in [5.41, 5.74) is 11.0. The minimum absolute atomic E-state index is 0.0604. The molecule has 34 heavy (non-hydrogen) atoms. The zero-order valence-electron chi connectivity index (χ0n) is 19.2. The van der Waals surface area contributed by atoms with Crippen molar-refractivity contribution in [3.63, 3.8) is 0 Å². The molecule has 5 rings (SSSR count). The van der Waals surface area contributed by atoms with Gasteiger partial charge in [-0.1, -0.05) is 60.7 Å². The van der Waals surface area contributed by atoms with E-state index in [1.165, 1.54) is 0 Å². The number of nitrogens with two attached hydrogens (primary N) is 1. The number of benzene rings is 2. The number of likely N-dealkylation sites (tertiary alicyclic amines) is 1. The summed E-state index contributed by atoms with van der Waals surface area (Å²) in [6.07, 6.45) is 5.80. The molecule has 1 aliphatic carbocycles. The van der Waals surface area contributed by atoms with Crippen LogP contribution in [0.25, 0.3) is 0 Å². The molecule has 1 saturated heterocycles. The Kier molecular flexibility index (Phi) is 6.45. The first-order valence-electron chi connectivity index (χ1n) is 12.1. The summed E-state index contributed by atoms with van der Waals surface area (Å²) in [6, 6.07) is 18.6. The Bertz CT molecular complexity index is 1090. The van der Waals surface area contributed by atoms with Gasteiger partial charge < -0.3 is 16.0 Å². The third-order valence-corrected chi connectivity index (χ3v) is 7.16. The normalized spacial score (nSPS) is 20.7. The molecule has 1 unspecified atom stereocenters. The second kappa shape index (κ2) is 9.81. The summed E-state index contributed by atoms with van der Waals surface area (Å²) in [5, 5.41) is 10.3. The third-order valence-electron chi connectivity index (χ3n) is 7.16. The highest BCUT2D eigenvalue weighted by molar-refractivity contribution is 5.91. The number of aromatic nitrogens is 2. The number of hydrogen-bond donors (Lipinski definition) is 3. The molecule has 1 aliphatic heterocycles. The molecule has 0 saturated carbocycles. The van der Waals surface area contributed by atoms with E-state index in [0.717, 1.165) is 48.1 Å². The van der Waals surface area contributed by atoms with Crippen LogP contribution in [0.5, 0.6) is 0 Å². The maximum Gasteiger partial charge on any atom is 0.243 e. The maximum atomic E-state index is 13.7. The minimum Gasteiger partial charge on any atom is -0.351 e. The lowest BCUT2D eigenvalue weighted by molar-refractivity contribution is -0.140. The Labute approximate surface area is 199 Å². The number of aryl methyl sites for hydroxylation is 1. The van der Waals surface area contributed by atoms with Crippen LogP contribution in [0.3, 0.4) is 0 Å². The maximum absolute atomic E-state index is 13.7. The van der Waals surface area contributed by atoms with Crippen molar-refractivity contribution < 1.29 is 9.59 Å². The summed E-state index contributed by atoms with van der Waals surface area (Å²) < 4.78 is 0. The summed E-state index contributed by atoms with van der Waals surface area (Å²) in [7, 11) is 0. The van der Waals surface area contributed by atoms with Crippen molar-refractivity contribution in [3.05, 3.63) is 89.2 Å². The second-order valence-corrected chi connectivity index (χ2v) is 9.34. The zero-order chi connectivity index (χ0) is 23.5. The number of carbonyl (C=O) groups is 2. The monoisotopic (exact) mass is 457 g/mol. The summed E-state index contributed by atoms with van der Waals surface area (Å²) in [4.78, 5) is 28.6. The lowest BCUT2D eigenvalue weighted by Crippen LogP contribution is -2.54. The van der Waals surface area contributed by atoms with Gasteiger partial charge in [0, 0.05) is 24.2 Å². The van der Waals surface area contributed by atoms with Crippen molar-refractivity contribution in [1.29, 1.82) is 0 Å². The van der Waals surface area contributed by atoms with Gasteiger partial charge in [0.2, 0.25) is 11.8 Å². The van der Waals surface area contributed by atoms with E-state index in [9.17, 15) is 9.59 Å². The summed E-state index contributed by atoms with van der Waals surface area (Å²) in [6.45, 7) is 0.553. The molecule has 0 radical (unpaired) electrons. The zero-order valence-corrected chi connectivity index (χ0v) is 19.2. The molecule has 3 aromatic rings. The number of fused-ring (bicyclic) bond motifs is 1. The molecule has 2 heterocycles. The Morgan fingerprint density at radius 3 is 2.38 bits per heavy atom. The fourth-order valence-corrected chi connectivity index (χ4v) is 5.40. The fraction of sp³-hybridized carbons (Fsp3) is 0.370. The van der Waals surface area contributed by atoms with E-state index < -0.39 is 12.1 Å². The number of carbonyl (C=O) groups excluding carboxylic acids is 2. The van der Waals surface area contributed by atoms with E-state index >= 15 is 0 Å². The standard InChI is InChI=1S/C27H31N5O2/c28-25(24(18-8-3-1-4-9-18)19-10-5-2-6-11-19)27(34)32-15-7-12-23(32)26(33)30-21-13-14-22-20(16-21)17-29-31-22/h1-6,8-11,17,21,23-25H,7,12-16,28H2,(H,29,31)(H,30,33)/t21?,23-,25+/m0/s1. The molecule has 176 valence electrons. The summed E-state index contributed by atoms with van der Waals surface area (Å²) in [5.74, 6) is -0.529. The van der Waals surface area contributed by atoms with Gasteiger partial charge in [-0.25, -0.2) is 0 Å². The first-order chi connectivity index (χ1) is 16.6. The lowest BCUT2D eigenvalue weighted by atomic mass is 9.84. The number of hydrogen-bond acceptors (Lipinski definition) is 4. The van der Waals surface area contributed by atoms with Crippen LogP contribution in [-0.4, -0.2) is 51.6 Å². The van der Waals surface area contributed by atoms with E-state index in [0.29, 0.717) is 13.0 Å². The van der Waals surface area contributed by atoms with Crippen LogP contribution in [0.15, 0.2) is 66.9 Å². The molecule has 7 nitrogen and oxygen atoms in total. The fourth-order valence-electron chi connectivity index (χ4n) is 5.40. The van der Waals surface area contributed by atoms with Gasteiger partial charge in [-0.2, -0.15) is 5.10 Å². The molecule has 3 atom stereocenters. The van der Waals surface area contributed by atoms with Crippen LogP contribution in [0.1, 0.15) is 47.6 Å². The Morgan fingerprint density at radius 1 is 1.03 bits per heavy atom. The van der Waals surface area contributed by atoms with Crippen molar-refractivity contribution in [2.45, 2.75) is 56.1 Å². The smallest absolute Gasteiger partial charge is 0.243 e. The molecule has 1 fully saturated rings. The van der Waals surface area contributed by atoms with Crippen molar-refractivity contribution in [2.75, 3.05) is 6.54 Å². The van der Waals surface area contributed by atoms with Crippen LogP contribution in [-0.2, 0) is 22.4 Å². The van der Waals surface area contributed by atoms with Gasteiger partial charge >= 0.3 is 0 Å². The molecular formula is C27H31N5O2. The Hall–Kier alpha value is -3.45. The van der Waals surface area contributed by atoms with Gasteiger partial charge in [0.25, 0.3) is 0 Å². The Balaban J connectivity index is 1.32. The van der Waals surface area contributed by atoms with Crippen LogP contribution in [0.2, 0.25) is 0 Å². The number of rotatable bonds is 6. The molecule has 7 heteroatoms. The SMILES string of the molecule is N[C@@H](C(=O)N1CCC[C@H]1C(=O)NC1CCc2[nH]ncc2C1)C(c1ccccc1)c1ccccc1. The van der Waals surface area contributed by atoms with Crippen LogP contribution < -0.4 is 11.1 Å². The predicted octanol–water partition coefficient (Wildman–Crippen LogP) is 2.53. The van der Waals surface area contributed by atoms with Crippen LogP contribution >= 0.6 is 0 Å². The highest BCUT2D eigenvalue weighted by Gasteiger charge is 2.39. The van der Waals surface area contributed by atoms with Gasteiger partial charge in [-0.05, 0) is 48.8 Å². The van der Waals surface area contributed by atoms with Gasteiger partial charge in [0.05, 0.1) is 12.2 Å². The number of nitrogens with one attached hydrogen (secondary N) is 2. The van der Waals surface area contributed by atoms with E-state index in [2.05, 4.69) is 15.5 Å². The predicted molar refractivity (Wildman–Crippen MR) is 130 cm³/mol. The second-order valence-electron chi connectivity index (χ2n) is 9.34. The van der Waals surface area contributed by atoms with E-state index in [4.69, 9.17) is 5.73 Å². The van der Waals surface area contributed by atoms with Gasteiger partial charge in [-0.3, -0.25) is 14.7 Å². The number of amides is 2. The molecule has 2 aliphatic rings. The molecular weight excluding hydrogens is 426 g/mol. The molecule has 0 spiro atoms. The Morgan fingerprint density at radius 2 is 1.71 bits per heavy atom. The van der Waals surface area contributed by atoms with E-state index in [-0.39, 0.29) is 23.8 Å². The van der Waals surface area contributed by atoms with Crippen LogP contribution in [0, 0.1) is 0 Å². The van der Waals surface area contributed by atoms with Crippen molar-refractivity contribution in [1.82, 2.24) is 20.4 Å². The number of aromatic amines is 1. The van der Waals surface area contributed by atoms with Gasteiger partial charge in [0.15, 0.2) is 0 Å². The van der Waals surface area contributed by atoms with Crippen molar-refractivity contribution in [2.24, 2.45) is 5.73 Å². The van der Waals surface area contributed by atoms with E-state index in [1.807, 2.05) is 66.9 Å². The van der Waals surface area contributed by atoms with Crippen molar-refractivity contribution in [3.8, 4) is 0 Å². The number of nitrogens with zero attached hydrogens (tertiary/aromatic N) is 2. The minimum atomic E-state index is -0.777. The first-order valence-corrected chi connectivity index (χ1v) is 12.1. The van der Waals surface area contributed by atoms with Crippen molar-refractivity contribution >= 4 is 11.8 Å². The third kappa shape index (κ3) is 4.48. The van der Waals surface area contributed by atoms with E-state index in [1.54, 1.807) is 4.90 Å².